The molecule has 22 heavy (non-hydrogen) atoms. The molecule has 3 aromatic rings. The van der Waals surface area contributed by atoms with Gasteiger partial charge in [-0.3, -0.25) is 0 Å². The number of hydrogen-bond donors (Lipinski definition) is 0. The normalized spacial score (nSPS) is 10.4. The van der Waals surface area contributed by atoms with Crippen molar-refractivity contribution in [1.29, 1.82) is 5.26 Å². The van der Waals surface area contributed by atoms with E-state index < -0.39 is 0 Å². The largest absolute Gasteiger partial charge is 0.216 e. The number of benzene rings is 2. The molecular formula is C16H10ClFN4. The van der Waals surface area contributed by atoms with Crippen molar-refractivity contribution in [3.8, 4) is 11.8 Å². The molecule has 6 heteroatoms. The molecule has 1 aromatic heterocycles. The fraction of sp³-hybridized carbons (Fsp3) is 0.0625. The molecule has 0 bridgehead atoms. The van der Waals surface area contributed by atoms with Crippen LogP contribution in [0.2, 0.25) is 5.02 Å². The summed E-state index contributed by atoms with van der Waals surface area (Å²) in [5, 5.41) is 17.7. The lowest BCUT2D eigenvalue weighted by atomic mass is 10.1. The predicted octanol–water partition coefficient (Wildman–Crippen LogP) is 3.52. The van der Waals surface area contributed by atoms with Crippen LogP contribution < -0.4 is 0 Å². The molecule has 0 saturated heterocycles. The zero-order valence-electron chi connectivity index (χ0n) is 11.4. The van der Waals surface area contributed by atoms with Gasteiger partial charge in [0, 0.05) is 11.4 Å². The van der Waals surface area contributed by atoms with Crippen molar-refractivity contribution in [2.45, 2.75) is 6.42 Å². The molecule has 0 atom stereocenters. The van der Waals surface area contributed by atoms with Gasteiger partial charge in [0.15, 0.2) is 5.69 Å². The van der Waals surface area contributed by atoms with Gasteiger partial charge in [0.05, 0.1) is 11.4 Å². The fourth-order valence-electron chi connectivity index (χ4n) is 2.13. The third kappa shape index (κ3) is 2.83. The zero-order valence-corrected chi connectivity index (χ0v) is 12.1. The van der Waals surface area contributed by atoms with E-state index in [1.165, 1.54) is 12.1 Å². The van der Waals surface area contributed by atoms with E-state index in [-0.39, 0.29) is 11.5 Å². The Kier molecular flexibility index (Phi) is 3.86. The number of hydrogen-bond acceptors (Lipinski definition) is 3. The van der Waals surface area contributed by atoms with Crippen LogP contribution >= 0.6 is 11.6 Å². The van der Waals surface area contributed by atoms with Crippen LogP contribution in [0.15, 0.2) is 48.5 Å². The molecule has 0 spiro atoms. The average molecular weight is 313 g/mol. The van der Waals surface area contributed by atoms with Gasteiger partial charge in [-0.1, -0.05) is 28.9 Å². The van der Waals surface area contributed by atoms with Crippen LogP contribution in [0, 0.1) is 17.1 Å². The Labute approximate surface area is 131 Å². The van der Waals surface area contributed by atoms with Gasteiger partial charge in [-0.2, -0.15) is 5.26 Å². The minimum atomic E-state index is -0.298. The number of nitrogens with zero attached hydrogens (tertiary/aromatic N) is 4. The maximum Gasteiger partial charge on any atom is 0.186 e. The van der Waals surface area contributed by atoms with Gasteiger partial charge in [-0.25, -0.2) is 9.07 Å². The van der Waals surface area contributed by atoms with Crippen LogP contribution in [0.1, 0.15) is 17.0 Å². The van der Waals surface area contributed by atoms with Crippen LogP contribution in [0.5, 0.6) is 0 Å². The van der Waals surface area contributed by atoms with Crippen LogP contribution in [0.3, 0.4) is 0 Å². The third-order valence-corrected chi connectivity index (χ3v) is 3.48. The summed E-state index contributed by atoms with van der Waals surface area (Å²) in [4.78, 5) is 0. The SMILES string of the molecule is N#Cc1nnn(-c2ccc(Cl)cc2)c1Cc1ccc(F)cc1. The summed E-state index contributed by atoms with van der Waals surface area (Å²) in [6, 6.07) is 15.2. The number of aromatic nitrogens is 3. The summed E-state index contributed by atoms with van der Waals surface area (Å²) in [6.45, 7) is 0. The van der Waals surface area contributed by atoms with E-state index in [2.05, 4.69) is 10.3 Å². The van der Waals surface area contributed by atoms with E-state index in [4.69, 9.17) is 11.6 Å². The highest BCUT2D eigenvalue weighted by atomic mass is 35.5. The Morgan fingerprint density at radius 2 is 1.77 bits per heavy atom. The van der Waals surface area contributed by atoms with Gasteiger partial charge in [0.1, 0.15) is 11.9 Å². The molecule has 2 aromatic carbocycles. The Balaban J connectivity index is 2.02. The number of rotatable bonds is 3. The van der Waals surface area contributed by atoms with Crippen molar-refractivity contribution in [1.82, 2.24) is 15.0 Å². The summed E-state index contributed by atoms with van der Waals surface area (Å²) >= 11 is 5.88. The lowest BCUT2D eigenvalue weighted by Crippen LogP contribution is -2.04. The molecule has 3 rings (SSSR count). The third-order valence-electron chi connectivity index (χ3n) is 3.23. The van der Waals surface area contributed by atoms with Crippen molar-refractivity contribution in [2.75, 3.05) is 0 Å². The zero-order chi connectivity index (χ0) is 15.5. The highest BCUT2D eigenvalue weighted by molar-refractivity contribution is 6.30. The van der Waals surface area contributed by atoms with Crippen molar-refractivity contribution < 1.29 is 4.39 Å². The summed E-state index contributed by atoms with van der Waals surface area (Å²) in [6.07, 6.45) is 0.429. The minimum Gasteiger partial charge on any atom is -0.216 e. The highest BCUT2D eigenvalue weighted by Crippen LogP contribution is 2.19. The van der Waals surface area contributed by atoms with Crippen LogP contribution in [0.25, 0.3) is 5.69 Å². The van der Waals surface area contributed by atoms with Gasteiger partial charge in [0.25, 0.3) is 0 Å². The molecule has 4 nitrogen and oxygen atoms in total. The molecule has 0 fully saturated rings. The van der Waals surface area contributed by atoms with Crippen LogP contribution in [-0.2, 0) is 6.42 Å². The monoisotopic (exact) mass is 312 g/mol. The van der Waals surface area contributed by atoms with Crippen molar-refractivity contribution in [2.24, 2.45) is 0 Å². The molecule has 0 saturated carbocycles. The summed E-state index contributed by atoms with van der Waals surface area (Å²) < 4.78 is 14.6. The number of nitriles is 1. The van der Waals surface area contributed by atoms with Crippen molar-refractivity contribution >= 4 is 11.6 Å². The van der Waals surface area contributed by atoms with E-state index in [9.17, 15) is 9.65 Å². The average Bonchev–Trinajstić information content (AvgIpc) is 2.93. The van der Waals surface area contributed by atoms with Gasteiger partial charge in [-0.05, 0) is 42.0 Å². The first-order valence-electron chi connectivity index (χ1n) is 6.52. The van der Waals surface area contributed by atoms with Gasteiger partial charge in [0.2, 0.25) is 0 Å². The van der Waals surface area contributed by atoms with Crippen LogP contribution in [0.4, 0.5) is 4.39 Å². The summed E-state index contributed by atoms with van der Waals surface area (Å²) in [5.41, 5.74) is 2.53. The fourth-order valence-corrected chi connectivity index (χ4v) is 2.26. The standard InChI is InChI=1S/C16H10ClFN4/c17-12-3-7-14(8-4-12)22-16(15(10-19)20-21-22)9-11-1-5-13(18)6-2-11/h1-8H,9H2. The van der Waals surface area contributed by atoms with E-state index in [1.807, 2.05) is 6.07 Å². The molecule has 0 amide bonds. The molecular weight excluding hydrogens is 303 g/mol. The molecule has 1 heterocycles. The Morgan fingerprint density at radius 1 is 1.09 bits per heavy atom. The maximum absolute atomic E-state index is 13.0. The molecule has 0 N–H and O–H groups in total. The lowest BCUT2D eigenvalue weighted by molar-refractivity contribution is 0.627. The Hall–Kier alpha value is -2.71. The smallest absolute Gasteiger partial charge is 0.186 e. The van der Waals surface area contributed by atoms with E-state index >= 15 is 0 Å². The first-order valence-corrected chi connectivity index (χ1v) is 6.90. The molecule has 0 aliphatic rings. The van der Waals surface area contributed by atoms with E-state index in [0.29, 0.717) is 17.1 Å². The van der Waals surface area contributed by atoms with Crippen molar-refractivity contribution in [3.63, 3.8) is 0 Å². The van der Waals surface area contributed by atoms with E-state index in [1.54, 1.807) is 41.1 Å². The molecule has 0 unspecified atom stereocenters. The molecule has 0 radical (unpaired) electrons. The first kappa shape index (κ1) is 14.2. The number of halogens is 2. The molecule has 0 aliphatic carbocycles. The summed E-state index contributed by atoms with van der Waals surface area (Å²) in [5.74, 6) is -0.298. The van der Waals surface area contributed by atoms with Crippen LogP contribution in [-0.4, -0.2) is 15.0 Å². The lowest BCUT2D eigenvalue weighted by Gasteiger charge is -2.07. The first-order chi connectivity index (χ1) is 10.7. The second-order valence-corrected chi connectivity index (χ2v) is 5.12. The Bertz CT molecular complexity index is 832. The van der Waals surface area contributed by atoms with Gasteiger partial charge >= 0.3 is 0 Å². The molecule has 0 aliphatic heterocycles. The van der Waals surface area contributed by atoms with Gasteiger partial charge < -0.3 is 0 Å². The highest BCUT2D eigenvalue weighted by Gasteiger charge is 2.14. The van der Waals surface area contributed by atoms with Gasteiger partial charge in [-0.15, -0.1) is 5.10 Å². The predicted molar refractivity (Wildman–Crippen MR) is 80.3 cm³/mol. The quantitative estimate of drug-likeness (QED) is 0.743. The Morgan fingerprint density at radius 3 is 2.41 bits per heavy atom. The van der Waals surface area contributed by atoms with Crippen molar-refractivity contribution in [3.05, 3.63) is 76.3 Å². The topological polar surface area (TPSA) is 54.5 Å². The maximum atomic E-state index is 13.0. The second kappa shape index (κ2) is 5.96. The molecule has 108 valence electrons. The van der Waals surface area contributed by atoms with E-state index in [0.717, 1.165) is 11.3 Å². The second-order valence-electron chi connectivity index (χ2n) is 4.69. The minimum absolute atomic E-state index is 0.249. The summed E-state index contributed by atoms with van der Waals surface area (Å²) in [7, 11) is 0.